The van der Waals surface area contributed by atoms with Crippen LogP contribution < -0.4 is 10.9 Å². The van der Waals surface area contributed by atoms with Gasteiger partial charge in [0.25, 0.3) is 5.56 Å². The molecule has 0 aromatic carbocycles. The first-order valence-corrected chi connectivity index (χ1v) is 7.08. The average Bonchev–Trinajstić information content (AvgIpc) is 2.46. The number of nitrogens with one attached hydrogen (secondary N) is 1. The Morgan fingerprint density at radius 1 is 1.23 bits per heavy atom. The minimum absolute atomic E-state index is 0.156. The molecule has 0 saturated heterocycles. The second kappa shape index (κ2) is 4.66. The number of aryl methyl sites for hydroxylation is 1. The van der Waals surface area contributed by atoms with Gasteiger partial charge in [-0.1, -0.05) is 13.5 Å². The van der Waals surface area contributed by atoms with E-state index >= 15 is 0 Å². The number of allylic oxidation sites excluding steroid dienone is 4. The molecule has 0 radical (unpaired) electrons. The van der Waals surface area contributed by atoms with Crippen molar-refractivity contribution in [3.8, 4) is 0 Å². The lowest BCUT2D eigenvalue weighted by Gasteiger charge is -2.28. The highest BCUT2D eigenvalue weighted by Crippen LogP contribution is 2.33. The zero-order valence-corrected chi connectivity index (χ0v) is 12.7. The van der Waals surface area contributed by atoms with Gasteiger partial charge in [0.2, 0.25) is 5.78 Å². The van der Waals surface area contributed by atoms with E-state index < -0.39 is 0 Å². The number of dihydropyridines is 1. The van der Waals surface area contributed by atoms with Crippen LogP contribution in [0.5, 0.6) is 0 Å². The summed E-state index contributed by atoms with van der Waals surface area (Å²) in [6.07, 6.45) is 2.26. The Bertz CT molecular complexity index is 882. The van der Waals surface area contributed by atoms with E-state index in [2.05, 4.69) is 11.9 Å². The molecule has 5 nitrogen and oxygen atoms in total. The van der Waals surface area contributed by atoms with Crippen molar-refractivity contribution in [2.24, 2.45) is 7.05 Å². The third kappa shape index (κ3) is 1.75. The van der Waals surface area contributed by atoms with Crippen molar-refractivity contribution in [2.45, 2.75) is 20.3 Å². The molecular formula is C17H16N2O3. The lowest BCUT2D eigenvalue weighted by molar-refractivity contribution is 0.0962. The van der Waals surface area contributed by atoms with Crippen molar-refractivity contribution in [1.29, 1.82) is 0 Å². The van der Waals surface area contributed by atoms with Gasteiger partial charge >= 0.3 is 0 Å². The maximum atomic E-state index is 12.9. The van der Waals surface area contributed by atoms with Crippen molar-refractivity contribution in [3.63, 3.8) is 0 Å². The van der Waals surface area contributed by atoms with Crippen molar-refractivity contribution in [2.75, 3.05) is 0 Å². The van der Waals surface area contributed by atoms with Crippen LogP contribution in [0.3, 0.4) is 0 Å². The second-order valence-electron chi connectivity index (χ2n) is 5.53. The zero-order valence-electron chi connectivity index (χ0n) is 12.7. The Hall–Kier alpha value is -2.69. The highest BCUT2D eigenvalue weighted by molar-refractivity contribution is 6.28. The smallest absolute Gasteiger partial charge is 0.251 e. The van der Waals surface area contributed by atoms with Gasteiger partial charge in [-0.25, -0.2) is 0 Å². The Morgan fingerprint density at radius 2 is 1.91 bits per heavy atom. The molecular weight excluding hydrogens is 280 g/mol. The standard InChI is InChI=1S/C17H16N2O3/c1-5-10-7-11(20)19(4)15-13(10)16(21)12-8(2)6-9(3)18-14(12)17(15)22/h6-7,18H,3,5H2,1-2,4H3. The first-order chi connectivity index (χ1) is 10.4. The van der Waals surface area contributed by atoms with Crippen LogP contribution in [-0.2, 0) is 13.5 Å². The lowest BCUT2D eigenvalue weighted by Crippen LogP contribution is -2.38. The largest absolute Gasteiger partial charge is 0.352 e. The Morgan fingerprint density at radius 3 is 2.55 bits per heavy atom. The predicted molar refractivity (Wildman–Crippen MR) is 82.8 cm³/mol. The van der Waals surface area contributed by atoms with E-state index in [0.29, 0.717) is 34.4 Å². The van der Waals surface area contributed by atoms with Gasteiger partial charge in [-0.2, -0.15) is 0 Å². The van der Waals surface area contributed by atoms with Gasteiger partial charge in [-0.05, 0) is 30.6 Å². The van der Waals surface area contributed by atoms with Gasteiger partial charge in [-0.15, -0.1) is 0 Å². The van der Waals surface area contributed by atoms with Crippen LogP contribution in [0.15, 0.2) is 46.1 Å². The molecule has 1 aliphatic carbocycles. The summed E-state index contributed by atoms with van der Waals surface area (Å²) >= 11 is 0. The summed E-state index contributed by atoms with van der Waals surface area (Å²) in [6, 6.07) is 1.43. The van der Waals surface area contributed by atoms with E-state index in [1.54, 1.807) is 13.0 Å². The first kappa shape index (κ1) is 14.3. The first-order valence-electron chi connectivity index (χ1n) is 7.08. The fourth-order valence-electron chi connectivity index (χ4n) is 3.04. The van der Waals surface area contributed by atoms with E-state index in [1.807, 2.05) is 6.92 Å². The van der Waals surface area contributed by atoms with Crippen LogP contribution in [-0.4, -0.2) is 16.1 Å². The quantitative estimate of drug-likeness (QED) is 0.855. The Labute approximate surface area is 127 Å². The van der Waals surface area contributed by atoms with Gasteiger partial charge in [-0.3, -0.25) is 14.4 Å². The molecule has 0 atom stereocenters. The Balaban J connectivity index is 2.39. The number of carbonyl (C=O) groups excluding carboxylic acids is 2. The molecule has 2 aliphatic rings. The van der Waals surface area contributed by atoms with Crippen LogP contribution >= 0.6 is 0 Å². The van der Waals surface area contributed by atoms with Crippen molar-refractivity contribution < 1.29 is 9.59 Å². The van der Waals surface area contributed by atoms with Gasteiger partial charge in [0.05, 0.1) is 11.1 Å². The average molecular weight is 296 g/mol. The summed E-state index contributed by atoms with van der Waals surface area (Å²) in [4.78, 5) is 37.8. The fourth-order valence-corrected chi connectivity index (χ4v) is 3.04. The van der Waals surface area contributed by atoms with Crippen LogP contribution in [0.1, 0.15) is 40.3 Å². The topological polar surface area (TPSA) is 68.2 Å². The van der Waals surface area contributed by atoms with E-state index in [1.165, 1.54) is 17.7 Å². The SMILES string of the molecule is C=C1C=C(C)C2=C(N1)C(=O)c1c(c(CC)cc(=O)n1C)C2=O. The summed E-state index contributed by atoms with van der Waals surface area (Å²) in [7, 11) is 1.51. The van der Waals surface area contributed by atoms with E-state index in [9.17, 15) is 14.4 Å². The molecule has 1 aromatic heterocycles. The summed E-state index contributed by atoms with van der Waals surface area (Å²) in [6.45, 7) is 7.44. The monoisotopic (exact) mass is 296 g/mol. The molecule has 0 amide bonds. The lowest BCUT2D eigenvalue weighted by atomic mass is 9.82. The minimum atomic E-state index is -0.340. The van der Waals surface area contributed by atoms with Gasteiger partial charge in [0.15, 0.2) is 5.78 Å². The highest BCUT2D eigenvalue weighted by atomic mass is 16.1. The van der Waals surface area contributed by atoms with Gasteiger partial charge in [0, 0.05) is 18.8 Å². The molecule has 2 heterocycles. The molecule has 0 spiro atoms. The number of hydrogen-bond donors (Lipinski definition) is 1. The van der Waals surface area contributed by atoms with Gasteiger partial charge in [0.1, 0.15) is 11.4 Å². The predicted octanol–water partition coefficient (Wildman–Crippen LogP) is 1.64. The summed E-state index contributed by atoms with van der Waals surface area (Å²) in [5, 5.41) is 2.88. The number of carbonyl (C=O) groups is 2. The summed E-state index contributed by atoms with van der Waals surface area (Å²) in [5.74, 6) is -0.557. The molecule has 0 fully saturated rings. The number of nitrogens with zero attached hydrogens (tertiary/aromatic N) is 1. The number of rotatable bonds is 1. The van der Waals surface area contributed by atoms with Crippen LogP contribution in [0, 0.1) is 0 Å². The molecule has 0 bridgehead atoms. The van der Waals surface area contributed by atoms with Crippen LogP contribution in [0.4, 0.5) is 0 Å². The molecule has 1 aromatic rings. The molecule has 1 aliphatic heterocycles. The van der Waals surface area contributed by atoms with Crippen molar-refractivity contribution in [3.05, 3.63) is 68.4 Å². The number of pyridine rings is 1. The van der Waals surface area contributed by atoms with Crippen LogP contribution in [0.2, 0.25) is 0 Å². The maximum Gasteiger partial charge on any atom is 0.251 e. The minimum Gasteiger partial charge on any atom is -0.352 e. The number of fused-ring (bicyclic) bond motifs is 1. The van der Waals surface area contributed by atoms with Gasteiger partial charge < -0.3 is 9.88 Å². The molecule has 0 saturated carbocycles. The molecule has 5 heteroatoms. The number of hydrogen-bond acceptors (Lipinski definition) is 4. The molecule has 112 valence electrons. The summed E-state index contributed by atoms with van der Waals surface area (Å²) in [5.41, 5.74) is 2.67. The maximum absolute atomic E-state index is 12.9. The number of Topliss-reactive ketones (excluding diaryl/α,β-unsaturated/α-hetero) is 2. The van der Waals surface area contributed by atoms with E-state index in [4.69, 9.17) is 0 Å². The Kier molecular flexibility index (Phi) is 3.02. The summed E-state index contributed by atoms with van der Waals surface area (Å²) < 4.78 is 1.25. The second-order valence-corrected chi connectivity index (χ2v) is 5.53. The molecule has 22 heavy (non-hydrogen) atoms. The fraction of sp³-hybridized carbons (Fsp3) is 0.235. The molecule has 1 N–H and O–H groups in total. The van der Waals surface area contributed by atoms with Crippen molar-refractivity contribution in [1.82, 2.24) is 9.88 Å². The molecule has 3 rings (SSSR count). The van der Waals surface area contributed by atoms with E-state index in [0.717, 1.165) is 0 Å². The third-order valence-corrected chi connectivity index (χ3v) is 4.12. The normalized spacial score (nSPS) is 17.0. The highest BCUT2D eigenvalue weighted by Gasteiger charge is 2.38. The number of ketones is 2. The number of aromatic nitrogens is 1. The molecule has 0 unspecified atom stereocenters. The van der Waals surface area contributed by atoms with Crippen LogP contribution in [0.25, 0.3) is 0 Å². The van der Waals surface area contributed by atoms with E-state index in [-0.39, 0.29) is 28.5 Å². The van der Waals surface area contributed by atoms with Crippen molar-refractivity contribution >= 4 is 11.6 Å². The third-order valence-electron chi connectivity index (χ3n) is 4.12. The zero-order chi connectivity index (χ0) is 16.2.